The largest absolute Gasteiger partial charge is 0.467 e. The Balaban J connectivity index is 1.52. The van der Waals surface area contributed by atoms with Crippen molar-refractivity contribution < 1.29 is 9.21 Å². The highest BCUT2D eigenvalue weighted by atomic mass is 35.5. The highest BCUT2D eigenvalue weighted by Gasteiger charge is 2.29. The molecule has 1 aromatic carbocycles. The van der Waals surface area contributed by atoms with Crippen molar-refractivity contribution in [3.63, 3.8) is 0 Å². The van der Waals surface area contributed by atoms with Crippen molar-refractivity contribution in [1.29, 1.82) is 0 Å². The molecule has 6 heteroatoms. The van der Waals surface area contributed by atoms with Gasteiger partial charge in [-0.25, -0.2) is 0 Å². The summed E-state index contributed by atoms with van der Waals surface area (Å²) in [7, 11) is 0. The molecule has 1 atom stereocenters. The highest BCUT2D eigenvalue weighted by Crippen LogP contribution is 2.32. The van der Waals surface area contributed by atoms with Crippen molar-refractivity contribution in [2.45, 2.75) is 19.1 Å². The number of carbonyl (C=O) groups is 1. The molecule has 0 fully saturated rings. The van der Waals surface area contributed by atoms with Crippen LogP contribution < -0.4 is 5.32 Å². The van der Waals surface area contributed by atoms with Gasteiger partial charge in [-0.2, -0.15) is 0 Å². The molecule has 1 aliphatic heterocycles. The van der Waals surface area contributed by atoms with Crippen LogP contribution in [0.1, 0.15) is 23.1 Å². The van der Waals surface area contributed by atoms with Gasteiger partial charge < -0.3 is 14.3 Å². The molecule has 0 saturated heterocycles. The summed E-state index contributed by atoms with van der Waals surface area (Å²) in [5.41, 5.74) is 2.32. The maximum Gasteiger partial charge on any atom is 0.234 e. The number of carbonyl (C=O) groups excluding carboxylic acids is 1. The summed E-state index contributed by atoms with van der Waals surface area (Å²) in [6.45, 7) is 2.42. The van der Waals surface area contributed by atoms with E-state index in [9.17, 15) is 4.79 Å². The first-order valence-electron chi connectivity index (χ1n) is 8.64. The van der Waals surface area contributed by atoms with E-state index in [2.05, 4.69) is 33.1 Å². The van der Waals surface area contributed by atoms with Crippen LogP contribution in [0.2, 0.25) is 5.02 Å². The number of rotatable bonds is 5. The molecule has 1 N–H and O–H groups in total. The van der Waals surface area contributed by atoms with Crippen LogP contribution in [0.25, 0.3) is 0 Å². The number of fused-ring (bicyclic) bond motifs is 1. The SMILES string of the molecule is O=C(CN1CCn2cccc2[C@@H]1c1ccc(Cl)cc1)NCc1ccco1. The molecule has 0 radical (unpaired) electrons. The maximum atomic E-state index is 12.5. The predicted octanol–water partition coefficient (Wildman–Crippen LogP) is 3.46. The molecule has 0 spiro atoms. The van der Waals surface area contributed by atoms with Crippen LogP contribution in [0.3, 0.4) is 0 Å². The van der Waals surface area contributed by atoms with Gasteiger partial charge in [0, 0.05) is 30.0 Å². The molecule has 0 unspecified atom stereocenters. The molecule has 3 aromatic rings. The van der Waals surface area contributed by atoms with Crippen molar-refractivity contribution in [2.75, 3.05) is 13.1 Å². The highest BCUT2D eigenvalue weighted by molar-refractivity contribution is 6.30. The zero-order valence-corrected chi connectivity index (χ0v) is 15.0. The molecule has 2 aromatic heterocycles. The van der Waals surface area contributed by atoms with Crippen LogP contribution in [0.4, 0.5) is 0 Å². The third-order valence-electron chi connectivity index (χ3n) is 4.71. The van der Waals surface area contributed by atoms with Gasteiger partial charge in [-0.05, 0) is 42.0 Å². The van der Waals surface area contributed by atoms with E-state index in [-0.39, 0.29) is 11.9 Å². The Hall–Kier alpha value is -2.50. The molecule has 0 saturated carbocycles. The Bertz CT molecular complexity index is 871. The fraction of sp³-hybridized carbons (Fsp3) is 0.250. The van der Waals surface area contributed by atoms with Gasteiger partial charge in [-0.1, -0.05) is 23.7 Å². The minimum Gasteiger partial charge on any atom is -0.467 e. The fourth-order valence-electron chi connectivity index (χ4n) is 3.47. The Kier molecular flexibility index (Phi) is 4.82. The first-order valence-corrected chi connectivity index (χ1v) is 9.02. The molecule has 1 amide bonds. The van der Waals surface area contributed by atoms with Crippen LogP contribution >= 0.6 is 11.6 Å². The number of aromatic nitrogens is 1. The van der Waals surface area contributed by atoms with Crippen molar-refractivity contribution in [2.24, 2.45) is 0 Å². The van der Waals surface area contributed by atoms with Gasteiger partial charge in [-0.15, -0.1) is 0 Å². The molecular weight excluding hydrogens is 350 g/mol. The monoisotopic (exact) mass is 369 g/mol. The molecule has 5 nitrogen and oxygen atoms in total. The average molecular weight is 370 g/mol. The van der Waals surface area contributed by atoms with Gasteiger partial charge >= 0.3 is 0 Å². The normalized spacial score (nSPS) is 17.0. The fourth-order valence-corrected chi connectivity index (χ4v) is 3.59. The van der Waals surface area contributed by atoms with Gasteiger partial charge in [0.05, 0.1) is 25.4 Å². The summed E-state index contributed by atoms with van der Waals surface area (Å²) in [4.78, 5) is 14.7. The van der Waals surface area contributed by atoms with Gasteiger partial charge in [0.1, 0.15) is 5.76 Å². The molecular formula is C20H20ClN3O2. The average Bonchev–Trinajstić information content (AvgIpc) is 3.32. The van der Waals surface area contributed by atoms with Crippen molar-refractivity contribution in [1.82, 2.24) is 14.8 Å². The van der Waals surface area contributed by atoms with Crippen molar-refractivity contribution >= 4 is 17.5 Å². The van der Waals surface area contributed by atoms with E-state index < -0.39 is 0 Å². The first kappa shape index (κ1) is 16.9. The third-order valence-corrected chi connectivity index (χ3v) is 4.96. The van der Waals surface area contributed by atoms with Crippen LogP contribution in [-0.4, -0.2) is 28.5 Å². The molecule has 1 aliphatic rings. The van der Waals surface area contributed by atoms with Crippen molar-refractivity contribution in [3.05, 3.63) is 83.0 Å². The van der Waals surface area contributed by atoms with Crippen LogP contribution in [0.15, 0.2) is 65.4 Å². The molecule has 0 bridgehead atoms. The first-order chi connectivity index (χ1) is 12.7. The van der Waals surface area contributed by atoms with E-state index in [0.29, 0.717) is 18.1 Å². The topological polar surface area (TPSA) is 50.4 Å². The smallest absolute Gasteiger partial charge is 0.234 e. The van der Waals surface area contributed by atoms with Gasteiger partial charge in [-0.3, -0.25) is 9.69 Å². The number of nitrogens with one attached hydrogen (secondary N) is 1. The van der Waals surface area contributed by atoms with Gasteiger partial charge in [0.25, 0.3) is 0 Å². The summed E-state index contributed by atoms with van der Waals surface area (Å²) >= 11 is 6.05. The number of hydrogen-bond acceptors (Lipinski definition) is 3. The summed E-state index contributed by atoms with van der Waals surface area (Å²) in [6.07, 6.45) is 3.70. The van der Waals surface area contributed by atoms with E-state index in [1.54, 1.807) is 6.26 Å². The lowest BCUT2D eigenvalue weighted by atomic mass is 10.00. The zero-order valence-electron chi connectivity index (χ0n) is 14.3. The van der Waals surface area contributed by atoms with E-state index in [1.165, 1.54) is 5.69 Å². The van der Waals surface area contributed by atoms with Crippen LogP contribution in [-0.2, 0) is 17.9 Å². The summed E-state index contributed by atoms with van der Waals surface area (Å²) in [6, 6.07) is 15.7. The molecule has 4 rings (SSSR count). The standard InChI is InChI=1S/C20H20ClN3O2/c21-16-7-5-15(6-8-16)20-18-4-1-9-23(18)10-11-24(20)14-19(25)22-13-17-3-2-12-26-17/h1-9,12,20H,10-11,13-14H2,(H,22,25)/t20-/m0/s1. The molecule has 0 aliphatic carbocycles. The summed E-state index contributed by atoms with van der Waals surface area (Å²) < 4.78 is 7.51. The second-order valence-corrected chi connectivity index (χ2v) is 6.84. The lowest BCUT2D eigenvalue weighted by molar-refractivity contribution is -0.123. The third kappa shape index (κ3) is 3.54. The Labute approximate surface area is 157 Å². The zero-order chi connectivity index (χ0) is 17.9. The molecule has 134 valence electrons. The number of halogens is 1. The number of amides is 1. The van der Waals surface area contributed by atoms with Gasteiger partial charge in [0.15, 0.2) is 0 Å². The number of benzene rings is 1. The Morgan fingerprint density at radius 2 is 2.00 bits per heavy atom. The summed E-state index contributed by atoms with van der Waals surface area (Å²) in [5.74, 6) is 0.737. The number of nitrogens with zero attached hydrogens (tertiary/aromatic N) is 2. The van der Waals surface area contributed by atoms with Crippen LogP contribution in [0, 0.1) is 0 Å². The quantitative estimate of drug-likeness (QED) is 0.749. The van der Waals surface area contributed by atoms with E-state index in [4.69, 9.17) is 16.0 Å². The minimum atomic E-state index is -0.0135. The van der Waals surface area contributed by atoms with Gasteiger partial charge in [0.2, 0.25) is 5.91 Å². The second-order valence-electron chi connectivity index (χ2n) is 6.41. The minimum absolute atomic E-state index is 0.0135. The van der Waals surface area contributed by atoms with E-state index >= 15 is 0 Å². The van der Waals surface area contributed by atoms with Crippen molar-refractivity contribution in [3.8, 4) is 0 Å². The predicted molar refractivity (Wildman–Crippen MR) is 99.9 cm³/mol. The molecule has 26 heavy (non-hydrogen) atoms. The lowest BCUT2D eigenvalue weighted by Gasteiger charge is -2.36. The van der Waals surface area contributed by atoms with Crippen LogP contribution in [0.5, 0.6) is 0 Å². The summed E-state index contributed by atoms with van der Waals surface area (Å²) in [5, 5.41) is 3.64. The van der Waals surface area contributed by atoms with E-state index in [1.807, 2.05) is 36.4 Å². The Morgan fingerprint density at radius 1 is 1.15 bits per heavy atom. The number of hydrogen-bond donors (Lipinski definition) is 1. The number of furan rings is 1. The second kappa shape index (κ2) is 7.40. The Morgan fingerprint density at radius 3 is 2.77 bits per heavy atom. The molecule has 3 heterocycles. The van der Waals surface area contributed by atoms with E-state index in [0.717, 1.165) is 24.4 Å². The maximum absolute atomic E-state index is 12.5. The lowest BCUT2D eigenvalue weighted by Crippen LogP contribution is -2.44.